The highest BCUT2D eigenvalue weighted by Gasteiger charge is 2.63. The first kappa shape index (κ1) is 38.8. The van der Waals surface area contributed by atoms with Gasteiger partial charge in [-0.3, -0.25) is 29.0 Å². The number of esters is 1. The molecule has 0 spiro atoms. The van der Waals surface area contributed by atoms with Crippen LogP contribution in [0.5, 0.6) is 5.75 Å². The number of Topliss-reactive ketones (excluding diaryl/α,β-unsaturated/α-hetero) is 2. The molecular formula is C35H41N5O12S. The van der Waals surface area contributed by atoms with E-state index in [4.69, 9.17) is 15.2 Å². The second-order valence-electron chi connectivity index (χ2n) is 13.4. The molecule has 0 bridgehead atoms. The number of hydrogen-bond donors (Lipinski definition) is 6. The van der Waals surface area contributed by atoms with Gasteiger partial charge in [-0.05, 0) is 62.4 Å². The number of phenols is 1. The number of phenolic OH excluding ortho intramolecular Hbond substituents is 1. The van der Waals surface area contributed by atoms with Crippen molar-refractivity contribution in [2.75, 3.05) is 58.3 Å². The zero-order valence-electron chi connectivity index (χ0n) is 29.7. The third-order valence-electron chi connectivity index (χ3n) is 9.64. The molecule has 1 aromatic carbocycles. The molecule has 7 N–H and O–H groups in total. The number of allylic oxidation sites excluding steroid dienone is 1. The van der Waals surface area contributed by atoms with Crippen molar-refractivity contribution in [1.29, 1.82) is 0 Å². The van der Waals surface area contributed by atoms with Crippen LogP contribution < -0.4 is 16.0 Å². The molecule has 0 fully saturated rings. The van der Waals surface area contributed by atoms with Crippen LogP contribution >= 0.6 is 11.3 Å². The third kappa shape index (κ3) is 6.80. The second kappa shape index (κ2) is 14.9. The maximum Gasteiger partial charge on any atom is 0.413 e. The van der Waals surface area contributed by atoms with Gasteiger partial charge in [-0.15, -0.1) is 11.3 Å². The van der Waals surface area contributed by atoms with E-state index in [0.29, 0.717) is 22.5 Å². The van der Waals surface area contributed by atoms with Crippen molar-refractivity contribution in [3.8, 4) is 5.75 Å². The van der Waals surface area contributed by atoms with Crippen LogP contribution in [-0.4, -0.2) is 125 Å². The molecule has 53 heavy (non-hydrogen) atoms. The summed E-state index contributed by atoms with van der Waals surface area (Å²) in [5.74, 6) is -9.43. The average Bonchev–Trinajstić information content (AvgIpc) is 3.62. The number of aliphatic hydroxyl groups excluding tert-OH is 2. The van der Waals surface area contributed by atoms with E-state index >= 15 is 0 Å². The highest BCUT2D eigenvalue weighted by Crippen LogP contribution is 2.54. The molecule has 1 heterocycles. The number of amides is 3. The number of nitrogens with two attached hydrogens (primary N) is 1. The summed E-state index contributed by atoms with van der Waals surface area (Å²) in [6, 6.07) is 3.51. The number of carbonyl (C=O) groups excluding carboxylic acids is 6. The highest BCUT2D eigenvalue weighted by atomic mass is 32.1. The van der Waals surface area contributed by atoms with Gasteiger partial charge < -0.3 is 45.9 Å². The van der Waals surface area contributed by atoms with E-state index in [9.17, 15) is 49.2 Å². The number of fused-ring (bicyclic) bond motifs is 3. The summed E-state index contributed by atoms with van der Waals surface area (Å²) in [5.41, 5.74) is 1.58. The van der Waals surface area contributed by atoms with Gasteiger partial charge in [0, 0.05) is 37.8 Å². The Bertz CT molecular complexity index is 1940. The minimum atomic E-state index is -2.81. The molecule has 1 aromatic heterocycles. The lowest BCUT2D eigenvalue weighted by atomic mass is 9.58. The van der Waals surface area contributed by atoms with Gasteiger partial charge in [0.25, 0.3) is 5.91 Å². The number of rotatable bonds is 11. The molecular weight excluding hydrogens is 714 g/mol. The van der Waals surface area contributed by atoms with E-state index in [1.807, 2.05) is 0 Å². The summed E-state index contributed by atoms with van der Waals surface area (Å²) in [7, 11) is 6.43. The quantitative estimate of drug-likeness (QED) is 0.0829. The largest absolute Gasteiger partial charge is 0.510 e. The molecule has 2 aromatic rings. The molecule has 5 rings (SSSR count). The SMILES string of the molecule is CCCN(CC(=O)Nc1cc(N(C)C)c2c(c1O)C(=O)C1=C(O)[C@]3(O)C(=O)C(C(N)=O)=C(O)[C@@H](N(C)C)[C@@H]3C[C@@H]1C2)C(=O)OCOC(=O)c1cccs1. The Morgan fingerprint density at radius 2 is 1.79 bits per heavy atom. The van der Waals surface area contributed by atoms with Crippen molar-refractivity contribution in [1.82, 2.24) is 9.80 Å². The van der Waals surface area contributed by atoms with E-state index < -0.39 is 95.1 Å². The van der Waals surface area contributed by atoms with Crippen LogP contribution in [0.25, 0.3) is 0 Å². The van der Waals surface area contributed by atoms with Gasteiger partial charge in [0.1, 0.15) is 28.5 Å². The number of nitrogens with one attached hydrogen (secondary N) is 1. The molecule has 0 unspecified atom stereocenters. The molecule has 0 radical (unpaired) electrons. The smallest absolute Gasteiger partial charge is 0.413 e. The van der Waals surface area contributed by atoms with Crippen LogP contribution in [0.4, 0.5) is 16.2 Å². The lowest BCUT2D eigenvalue weighted by Gasteiger charge is -2.50. The number of aliphatic hydroxyl groups is 3. The topological polar surface area (TPSA) is 250 Å². The Balaban J connectivity index is 1.44. The monoisotopic (exact) mass is 755 g/mol. The van der Waals surface area contributed by atoms with Crippen LogP contribution in [0.15, 0.2) is 46.2 Å². The first-order chi connectivity index (χ1) is 24.9. The number of anilines is 2. The van der Waals surface area contributed by atoms with E-state index in [1.165, 1.54) is 11.0 Å². The second-order valence-corrected chi connectivity index (χ2v) is 14.4. The van der Waals surface area contributed by atoms with E-state index in [0.717, 1.165) is 16.2 Å². The summed E-state index contributed by atoms with van der Waals surface area (Å²) in [6.45, 7) is 0.599. The Labute approximate surface area is 307 Å². The molecule has 3 amide bonds. The standard InChI is InChI=1S/C35H41N5O12S/c1-6-9-40(34(49)52-15-51-33(48)21-8-7-10-53-21)14-22(41)37-19-13-20(38(2)3)17-11-16-12-18-26(39(4)5)29(44)25(32(36)47)31(46)35(18,50)30(45)23(16)28(43)24(17)27(19)42/h7-8,10,13,16,18,26,42,44-45,50H,6,9,11-12,14-15H2,1-5H3,(H2,36,47)(H,37,41)/t16-,18-,26-,35-/m0/s1. The lowest BCUT2D eigenvalue weighted by molar-refractivity contribution is -0.148. The molecule has 284 valence electrons. The third-order valence-corrected chi connectivity index (χ3v) is 10.5. The van der Waals surface area contributed by atoms with E-state index in [2.05, 4.69) is 5.32 Å². The normalized spacial score (nSPS) is 22.1. The molecule has 3 aliphatic rings. The number of primary amides is 1. The highest BCUT2D eigenvalue weighted by molar-refractivity contribution is 7.11. The molecule has 17 nitrogen and oxygen atoms in total. The number of ketones is 2. The van der Waals surface area contributed by atoms with Gasteiger partial charge in [-0.25, -0.2) is 9.59 Å². The van der Waals surface area contributed by atoms with Crippen LogP contribution in [-0.2, 0) is 30.3 Å². The van der Waals surface area contributed by atoms with Crippen molar-refractivity contribution in [2.45, 2.75) is 37.8 Å². The number of thiophene rings is 1. The molecule has 4 atom stereocenters. The number of hydrogen-bond acceptors (Lipinski definition) is 15. The first-order valence-corrected chi connectivity index (χ1v) is 17.5. The lowest BCUT2D eigenvalue weighted by Crippen LogP contribution is -2.63. The number of benzene rings is 1. The minimum absolute atomic E-state index is 0.0387. The van der Waals surface area contributed by atoms with Crippen LogP contribution in [0.2, 0.25) is 0 Å². The van der Waals surface area contributed by atoms with Crippen LogP contribution in [0, 0.1) is 11.8 Å². The summed E-state index contributed by atoms with van der Waals surface area (Å²) in [4.78, 5) is 82.8. The van der Waals surface area contributed by atoms with E-state index in [1.54, 1.807) is 57.5 Å². The maximum absolute atomic E-state index is 14.3. The van der Waals surface area contributed by atoms with Gasteiger partial charge in [-0.1, -0.05) is 13.0 Å². The fraction of sp³-hybridized carbons (Fsp3) is 0.429. The van der Waals surface area contributed by atoms with E-state index in [-0.39, 0.29) is 36.2 Å². The molecule has 3 aliphatic carbocycles. The summed E-state index contributed by atoms with van der Waals surface area (Å²) >= 11 is 1.15. The van der Waals surface area contributed by atoms with Gasteiger partial charge in [0.2, 0.25) is 18.5 Å². The van der Waals surface area contributed by atoms with Crippen molar-refractivity contribution >= 4 is 58.2 Å². The predicted octanol–water partition coefficient (Wildman–Crippen LogP) is 1.85. The maximum atomic E-state index is 14.3. The number of likely N-dealkylation sites (N-methyl/N-ethyl adjacent to an activating group) is 1. The number of nitrogens with zero attached hydrogens (tertiary/aromatic N) is 3. The predicted molar refractivity (Wildman–Crippen MR) is 190 cm³/mol. The van der Waals surface area contributed by atoms with Crippen molar-refractivity contribution in [3.63, 3.8) is 0 Å². The Hall–Kier alpha value is -5.46. The molecule has 0 saturated carbocycles. The zero-order chi connectivity index (χ0) is 39.1. The van der Waals surface area contributed by atoms with Gasteiger partial charge >= 0.3 is 12.1 Å². The Morgan fingerprint density at radius 1 is 1.09 bits per heavy atom. The molecule has 0 saturated heterocycles. The summed E-state index contributed by atoms with van der Waals surface area (Å²) < 4.78 is 10.0. The first-order valence-electron chi connectivity index (χ1n) is 16.6. The zero-order valence-corrected chi connectivity index (χ0v) is 30.5. The molecule has 18 heteroatoms. The van der Waals surface area contributed by atoms with Crippen molar-refractivity contribution in [3.05, 3.63) is 62.2 Å². The summed E-state index contributed by atoms with van der Waals surface area (Å²) in [6.07, 6.45) is -0.564. The number of aromatic hydroxyl groups is 1. The van der Waals surface area contributed by atoms with Crippen LogP contribution in [0.3, 0.4) is 0 Å². The fourth-order valence-corrected chi connectivity index (χ4v) is 7.97. The summed E-state index contributed by atoms with van der Waals surface area (Å²) in [5, 5.41) is 50.2. The van der Waals surface area contributed by atoms with Crippen molar-refractivity contribution in [2.24, 2.45) is 17.6 Å². The number of ether oxygens (including phenoxy) is 2. The van der Waals surface area contributed by atoms with Crippen molar-refractivity contribution < 1.29 is 58.7 Å². The number of carbonyl (C=O) groups is 6. The Morgan fingerprint density at radius 3 is 2.38 bits per heavy atom. The average molecular weight is 756 g/mol. The molecule has 0 aliphatic heterocycles. The fourth-order valence-electron chi connectivity index (χ4n) is 7.35. The van der Waals surface area contributed by atoms with Gasteiger partial charge in [0.15, 0.2) is 17.1 Å². The minimum Gasteiger partial charge on any atom is -0.510 e. The van der Waals surface area contributed by atoms with Gasteiger partial charge in [0.05, 0.1) is 17.3 Å². The van der Waals surface area contributed by atoms with Crippen LogP contribution in [0.1, 0.15) is 45.4 Å². The van der Waals surface area contributed by atoms with Gasteiger partial charge in [-0.2, -0.15) is 0 Å². The Kier molecular flexibility index (Phi) is 10.9.